The Kier molecular flexibility index (Phi) is 6.04. The van der Waals surface area contributed by atoms with E-state index in [0.717, 1.165) is 25.7 Å². The quantitative estimate of drug-likeness (QED) is 0.788. The van der Waals surface area contributed by atoms with Crippen molar-refractivity contribution in [2.24, 2.45) is 11.7 Å². The van der Waals surface area contributed by atoms with Gasteiger partial charge in [0.1, 0.15) is 0 Å². The predicted molar refractivity (Wildman–Crippen MR) is 74.4 cm³/mol. The molecule has 1 saturated heterocycles. The fraction of sp³-hybridized carbons (Fsp3) is 1.00. The molecule has 108 valence electrons. The van der Waals surface area contributed by atoms with Gasteiger partial charge in [0.15, 0.2) is 0 Å². The first-order valence-corrected chi connectivity index (χ1v) is 8.26. The predicted octanol–water partition coefficient (Wildman–Crippen LogP) is 1.02. The molecule has 0 saturated carbocycles. The van der Waals surface area contributed by atoms with Crippen LogP contribution < -0.4 is 5.73 Å². The molecule has 0 bridgehead atoms. The summed E-state index contributed by atoms with van der Waals surface area (Å²) in [4.78, 5) is 0. The highest BCUT2D eigenvalue weighted by molar-refractivity contribution is 7.86. The van der Waals surface area contributed by atoms with Crippen LogP contribution in [0.2, 0.25) is 0 Å². The van der Waals surface area contributed by atoms with Crippen LogP contribution in [0, 0.1) is 5.92 Å². The average molecular weight is 277 g/mol. The minimum atomic E-state index is -3.26. The van der Waals surface area contributed by atoms with Crippen LogP contribution in [0.3, 0.4) is 0 Å². The van der Waals surface area contributed by atoms with Crippen molar-refractivity contribution in [3.8, 4) is 0 Å². The van der Waals surface area contributed by atoms with Crippen LogP contribution in [-0.2, 0) is 10.2 Å². The number of hydrogen-bond donors (Lipinski definition) is 1. The van der Waals surface area contributed by atoms with E-state index in [-0.39, 0.29) is 6.04 Å². The third kappa shape index (κ3) is 3.91. The van der Waals surface area contributed by atoms with E-state index in [4.69, 9.17) is 5.73 Å². The lowest BCUT2D eigenvalue weighted by atomic mass is 9.92. The van der Waals surface area contributed by atoms with Gasteiger partial charge in [-0.05, 0) is 32.1 Å². The van der Waals surface area contributed by atoms with Crippen molar-refractivity contribution in [1.29, 1.82) is 0 Å². The van der Waals surface area contributed by atoms with Gasteiger partial charge in [-0.1, -0.05) is 13.3 Å². The molecule has 0 amide bonds. The molecule has 1 aliphatic heterocycles. The van der Waals surface area contributed by atoms with Crippen molar-refractivity contribution in [1.82, 2.24) is 8.61 Å². The molecule has 1 atom stereocenters. The summed E-state index contributed by atoms with van der Waals surface area (Å²) in [6, 6.07) is 0.160. The fourth-order valence-electron chi connectivity index (χ4n) is 2.33. The summed E-state index contributed by atoms with van der Waals surface area (Å²) >= 11 is 0. The van der Waals surface area contributed by atoms with Gasteiger partial charge >= 0.3 is 0 Å². The Morgan fingerprint density at radius 1 is 1.39 bits per heavy atom. The molecule has 0 aromatic rings. The van der Waals surface area contributed by atoms with E-state index in [0.29, 0.717) is 25.6 Å². The molecule has 1 heterocycles. The zero-order chi connectivity index (χ0) is 13.8. The lowest BCUT2D eigenvalue weighted by Gasteiger charge is -2.35. The van der Waals surface area contributed by atoms with Crippen molar-refractivity contribution >= 4 is 10.2 Å². The second kappa shape index (κ2) is 6.84. The Balaban J connectivity index is 2.55. The van der Waals surface area contributed by atoms with Gasteiger partial charge in [-0.25, -0.2) is 0 Å². The highest BCUT2D eigenvalue weighted by Crippen LogP contribution is 2.22. The highest BCUT2D eigenvalue weighted by Gasteiger charge is 2.31. The Morgan fingerprint density at radius 2 is 1.94 bits per heavy atom. The van der Waals surface area contributed by atoms with Gasteiger partial charge < -0.3 is 5.73 Å². The molecular weight excluding hydrogens is 250 g/mol. The molecule has 6 heteroatoms. The number of unbranched alkanes of at least 4 members (excludes halogenated alkanes) is 1. The van der Waals surface area contributed by atoms with Crippen LogP contribution in [0.15, 0.2) is 0 Å². The fourth-order valence-corrected chi connectivity index (χ4v) is 3.75. The average Bonchev–Trinajstić information content (AvgIpc) is 2.35. The molecule has 0 aromatic heterocycles. The van der Waals surface area contributed by atoms with Gasteiger partial charge in [0, 0.05) is 32.7 Å². The maximum absolute atomic E-state index is 12.3. The number of hydrogen-bond acceptors (Lipinski definition) is 3. The minimum absolute atomic E-state index is 0.160. The molecule has 1 aliphatic rings. The van der Waals surface area contributed by atoms with Crippen molar-refractivity contribution < 1.29 is 8.42 Å². The van der Waals surface area contributed by atoms with Gasteiger partial charge in [0.2, 0.25) is 0 Å². The normalized spacial score (nSPS) is 21.4. The van der Waals surface area contributed by atoms with Gasteiger partial charge in [0.25, 0.3) is 10.2 Å². The Morgan fingerprint density at radius 3 is 2.39 bits per heavy atom. The van der Waals surface area contributed by atoms with Crippen LogP contribution >= 0.6 is 0 Å². The van der Waals surface area contributed by atoms with Gasteiger partial charge in [0.05, 0.1) is 0 Å². The number of rotatable bonds is 6. The molecule has 18 heavy (non-hydrogen) atoms. The smallest absolute Gasteiger partial charge is 0.281 e. The van der Waals surface area contributed by atoms with Crippen LogP contribution in [-0.4, -0.2) is 49.8 Å². The molecule has 1 rings (SSSR count). The molecule has 2 N–H and O–H groups in total. The van der Waals surface area contributed by atoms with Gasteiger partial charge in [-0.15, -0.1) is 0 Å². The second-order valence-electron chi connectivity index (χ2n) is 5.28. The summed E-state index contributed by atoms with van der Waals surface area (Å²) in [5, 5.41) is 0. The van der Waals surface area contributed by atoms with E-state index in [2.05, 4.69) is 6.92 Å². The largest absolute Gasteiger partial charge is 0.328 e. The number of nitrogens with zero attached hydrogens (tertiary/aromatic N) is 2. The van der Waals surface area contributed by atoms with Crippen molar-refractivity contribution in [3.05, 3.63) is 0 Å². The highest BCUT2D eigenvalue weighted by atomic mass is 32.2. The maximum atomic E-state index is 12.3. The number of nitrogens with two attached hydrogens (primary N) is 1. The van der Waals surface area contributed by atoms with Crippen LogP contribution in [0.25, 0.3) is 0 Å². The van der Waals surface area contributed by atoms with Crippen LogP contribution in [0.4, 0.5) is 0 Å². The van der Waals surface area contributed by atoms with E-state index < -0.39 is 10.2 Å². The second-order valence-corrected chi connectivity index (χ2v) is 7.31. The minimum Gasteiger partial charge on any atom is -0.328 e. The van der Waals surface area contributed by atoms with Crippen LogP contribution in [0.5, 0.6) is 0 Å². The van der Waals surface area contributed by atoms with Crippen LogP contribution in [0.1, 0.15) is 39.5 Å². The van der Waals surface area contributed by atoms with Crippen molar-refractivity contribution in [2.75, 3.05) is 26.7 Å². The van der Waals surface area contributed by atoms with Crippen molar-refractivity contribution in [3.63, 3.8) is 0 Å². The zero-order valence-electron chi connectivity index (χ0n) is 11.8. The summed E-state index contributed by atoms with van der Waals surface area (Å²) in [7, 11) is -1.59. The molecule has 1 fully saturated rings. The Labute approximate surface area is 112 Å². The summed E-state index contributed by atoms with van der Waals surface area (Å²) in [5.41, 5.74) is 5.87. The molecule has 0 aliphatic carbocycles. The van der Waals surface area contributed by atoms with Gasteiger partial charge in [-0.2, -0.15) is 17.0 Å². The SMILES string of the molecule is CCCCN(C)S(=O)(=O)N1CCC(C(C)N)CC1. The zero-order valence-corrected chi connectivity index (χ0v) is 12.6. The summed E-state index contributed by atoms with van der Waals surface area (Å²) in [6.07, 6.45) is 3.66. The molecule has 0 aromatic carbocycles. The monoisotopic (exact) mass is 277 g/mol. The Hall–Kier alpha value is -0.170. The molecule has 0 spiro atoms. The summed E-state index contributed by atoms with van der Waals surface area (Å²) in [6.45, 7) is 5.87. The third-order valence-electron chi connectivity index (χ3n) is 3.79. The maximum Gasteiger partial charge on any atom is 0.281 e. The van der Waals surface area contributed by atoms with E-state index in [1.54, 1.807) is 11.4 Å². The van der Waals surface area contributed by atoms with E-state index in [1.807, 2.05) is 6.92 Å². The topological polar surface area (TPSA) is 66.6 Å². The molecule has 5 nitrogen and oxygen atoms in total. The third-order valence-corrected chi connectivity index (χ3v) is 5.78. The van der Waals surface area contributed by atoms with E-state index >= 15 is 0 Å². The van der Waals surface area contributed by atoms with Gasteiger partial charge in [-0.3, -0.25) is 0 Å². The molecule has 1 unspecified atom stereocenters. The Bertz CT molecular complexity index is 335. The lowest BCUT2D eigenvalue weighted by molar-refractivity contribution is 0.239. The first kappa shape index (κ1) is 15.9. The molecular formula is C12H27N3O2S. The number of piperidine rings is 1. The molecule has 0 radical (unpaired) electrons. The van der Waals surface area contributed by atoms with E-state index in [1.165, 1.54) is 4.31 Å². The van der Waals surface area contributed by atoms with E-state index in [9.17, 15) is 8.42 Å². The standard InChI is InChI=1S/C12H27N3O2S/c1-4-5-8-14(3)18(16,17)15-9-6-12(7-10-15)11(2)13/h11-12H,4-10,13H2,1-3H3. The summed E-state index contributed by atoms with van der Waals surface area (Å²) < 4.78 is 27.7. The first-order valence-electron chi connectivity index (χ1n) is 6.86. The van der Waals surface area contributed by atoms with Crippen molar-refractivity contribution in [2.45, 2.75) is 45.6 Å². The summed E-state index contributed by atoms with van der Waals surface area (Å²) in [5.74, 6) is 0.456. The lowest BCUT2D eigenvalue weighted by Crippen LogP contribution is -2.47. The first-order chi connectivity index (χ1) is 8.39.